The first-order valence-corrected chi connectivity index (χ1v) is 5.94. The van der Waals surface area contributed by atoms with Crippen molar-refractivity contribution in [2.24, 2.45) is 0 Å². The Labute approximate surface area is 106 Å². The lowest BCUT2D eigenvalue weighted by Gasteiger charge is -2.24. The molecule has 1 aromatic carbocycles. The molecule has 17 heavy (non-hydrogen) atoms. The van der Waals surface area contributed by atoms with E-state index >= 15 is 0 Å². The molecule has 0 spiro atoms. The molecule has 1 rings (SSSR count). The molecule has 0 saturated carbocycles. The van der Waals surface area contributed by atoms with Gasteiger partial charge in [0.1, 0.15) is 5.60 Å². The summed E-state index contributed by atoms with van der Waals surface area (Å²) in [6.45, 7) is 3.54. The minimum absolute atomic E-state index is 0.373. The first-order chi connectivity index (χ1) is 8.01. The molecule has 0 saturated heterocycles. The minimum atomic E-state index is -1.32. The number of hydrazine groups is 1. The van der Waals surface area contributed by atoms with Crippen LogP contribution in [-0.4, -0.2) is 16.6 Å². The van der Waals surface area contributed by atoms with Crippen LogP contribution in [0.15, 0.2) is 24.3 Å². The van der Waals surface area contributed by atoms with E-state index in [2.05, 4.69) is 10.9 Å². The number of amides is 1. The van der Waals surface area contributed by atoms with Crippen molar-refractivity contribution < 1.29 is 9.90 Å². The van der Waals surface area contributed by atoms with E-state index in [1.165, 1.54) is 0 Å². The van der Waals surface area contributed by atoms with Crippen LogP contribution in [0.25, 0.3) is 0 Å². The fourth-order valence-corrected chi connectivity index (χ4v) is 1.48. The quantitative estimate of drug-likeness (QED) is 0.709. The molecular weight excluding hydrogens is 240 g/mol. The molecule has 0 bridgehead atoms. The molecule has 1 aromatic rings. The largest absolute Gasteiger partial charge is 0.380 e. The van der Waals surface area contributed by atoms with E-state index in [0.717, 1.165) is 0 Å². The Morgan fingerprint density at radius 1 is 1.29 bits per heavy atom. The van der Waals surface area contributed by atoms with Gasteiger partial charge < -0.3 is 5.11 Å². The highest BCUT2D eigenvalue weighted by atomic mass is 35.5. The van der Waals surface area contributed by atoms with Crippen LogP contribution >= 0.6 is 11.6 Å². The van der Waals surface area contributed by atoms with Crippen LogP contribution in [0.4, 0.5) is 5.69 Å². The average Bonchev–Trinajstić information content (AvgIpc) is 2.36. The molecule has 94 valence electrons. The van der Waals surface area contributed by atoms with Crippen molar-refractivity contribution in [3.8, 4) is 0 Å². The average molecular weight is 257 g/mol. The van der Waals surface area contributed by atoms with Gasteiger partial charge in [0, 0.05) is 5.02 Å². The number of hydrogen-bond donors (Lipinski definition) is 3. The third-order valence-electron chi connectivity index (χ3n) is 2.76. The number of carbonyl (C=O) groups is 1. The molecule has 3 N–H and O–H groups in total. The summed E-state index contributed by atoms with van der Waals surface area (Å²) in [6.07, 6.45) is 0.745. The zero-order valence-corrected chi connectivity index (χ0v) is 10.7. The molecule has 5 heteroatoms. The van der Waals surface area contributed by atoms with Crippen LogP contribution in [0.2, 0.25) is 5.02 Å². The van der Waals surface area contributed by atoms with Crippen molar-refractivity contribution >= 4 is 23.2 Å². The molecule has 0 aromatic heterocycles. The van der Waals surface area contributed by atoms with Gasteiger partial charge in [0.05, 0.1) is 5.69 Å². The van der Waals surface area contributed by atoms with Crippen LogP contribution in [0.3, 0.4) is 0 Å². The first kappa shape index (κ1) is 13.8. The summed E-state index contributed by atoms with van der Waals surface area (Å²) in [5.41, 5.74) is 4.59. The standard InChI is InChI=1S/C12H17ClN2O2/c1-3-12(17,4-2)11(16)15-14-10-7-5-9(13)6-8-10/h5-8,14,17H,3-4H2,1-2H3,(H,15,16). The second-order valence-electron chi connectivity index (χ2n) is 3.82. The summed E-state index contributed by atoms with van der Waals surface area (Å²) >= 11 is 5.74. The van der Waals surface area contributed by atoms with E-state index in [9.17, 15) is 9.90 Å². The Kier molecular flexibility index (Phi) is 4.78. The van der Waals surface area contributed by atoms with Crippen LogP contribution in [-0.2, 0) is 4.79 Å². The lowest BCUT2D eigenvalue weighted by atomic mass is 9.97. The summed E-state index contributed by atoms with van der Waals surface area (Å²) < 4.78 is 0. The Morgan fingerprint density at radius 3 is 2.29 bits per heavy atom. The smallest absolute Gasteiger partial charge is 0.270 e. The maximum absolute atomic E-state index is 11.7. The van der Waals surface area contributed by atoms with E-state index < -0.39 is 11.5 Å². The fourth-order valence-electron chi connectivity index (χ4n) is 1.35. The van der Waals surface area contributed by atoms with Crippen molar-refractivity contribution in [1.82, 2.24) is 5.43 Å². The van der Waals surface area contributed by atoms with Gasteiger partial charge in [-0.15, -0.1) is 0 Å². The lowest BCUT2D eigenvalue weighted by molar-refractivity contribution is -0.139. The number of halogens is 1. The monoisotopic (exact) mass is 256 g/mol. The third-order valence-corrected chi connectivity index (χ3v) is 3.01. The Hall–Kier alpha value is -1.26. The van der Waals surface area contributed by atoms with Crippen molar-refractivity contribution in [3.63, 3.8) is 0 Å². The SMILES string of the molecule is CCC(O)(CC)C(=O)NNc1ccc(Cl)cc1. The molecule has 0 heterocycles. The molecule has 0 aliphatic heterocycles. The fraction of sp³-hybridized carbons (Fsp3) is 0.417. The molecule has 4 nitrogen and oxygen atoms in total. The van der Waals surface area contributed by atoms with E-state index in [1.54, 1.807) is 38.1 Å². The summed E-state index contributed by atoms with van der Waals surface area (Å²) in [5, 5.41) is 10.6. The van der Waals surface area contributed by atoms with Gasteiger partial charge in [-0.3, -0.25) is 15.6 Å². The molecule has 0 atom stereocenters. The maximum Gasteiger partial charge on any atom is 0.270 e. The second kappa shape index (κ2) is 5.89. The van der Waals surface area contributed by atoms with Crippen molar-refractivity contribution in [2.45, 2.75) is 32.3 Å². The highest BCUT2D eigenvalue weighted by Crippen LogP contribution is 2.15. The first-order valence-electron chi connectivity index (χ1n) is 5.56. The minimum Gasteiger partial charge on any atom is -0.380 e. The van der Waals surface area contributed by atoms with E-state index in [-0.39, 0.29) is 0 Å². The molecule has 0 aliphatic rings. The van der Waals surface area contributed by atoms with Gasteiger partial charge in [0.2, 0.25) is 0 Å². The van der Waals surface area contributed by atoms with Gasteiger partial charge in [0.25, 0.3) is 5.91 Å². The summed E-state index contributed by atoms with van der Waals surface area (Å²) in [5.74, 6) is -0.433. The normalized spacial score (nSPS) is 11.1. The Bertz CT molecular complexity index is 375. The molecule has 0 unspecified atom stereocenters. The van der Waals surface area contributed by atoms with Gasteiger partial charge in [0.15, 0.2) is 0 Å². The molecule has 0 radical (unpaired) electrons. The van der Waals surface area contributed by atoms with Gasteiger partial charge in [-0.25, -0.2) is 0 Å². The number of aliphatic hydroxyl groups is 1. The summed E-state index contributed by atoms with van der Waals surface area (Å²) in [6, 6.07) is 6.89. The second-order valence-corrected chi connectivity index (χ2v) is 4.26. The van der Waals surface area contributed by atoms with Crippen LogP contribution in [0, 0.1) is 0 Å². The van der Waals surface area contributed by atoms with Gasteiger partial charge >= 0.3 is 0 Å². The number of benzene rings is 1. The summed E-state index contributed by atoms with van der Waals surface area (Å²) in [4.78, 5) is 11.7. The molecule has 1 amide bonds. The van der Waals surface area contributed by atoms with Gasteiger partial charge in [-0.1, -0.05) is 25.4 Å². The number of anilines is 1. The number of nitrogens with one attached hydrogen (secondary N) is 2. The van der Waals surface area contributed by atoms with Crippen molar-refractivity contribution in [2.75, 3.05) is 5.43 Å². The Morgan fingerprint density at radius 2 is 1.82 bits per heavy atom. The van der Waals surface area contributed by atoms with E-state index in [4.69, 9.17) is 11.6 Å². The third kappa shape index (κ3) is 3.61. The van der Waals surface area contributed by atoms with E-state index in [1.807, 2.05) is 0 Å². The Balaban J connectivity index is 2.56. The molecular formula is C12H17ClN2O2. The van der Waals surface area contributed by atoms with Crippen LogP contribution in [0.1, 0.15) is 26.7 Å². The van der Waals surface area contributed by atoms with Crippen LogP contribution < -0.4 is 10.9 Å². The lowest BCUT2D eigenvalue weighted by Crippen LogP contribution is -2.48. The molecule has 0 aliphatic carbocycles. The van der Waals surface area contributed by atoms with Crippen LogP contribution in [0.5, 0.6) is 0 Å². The van der Waals surface area contributed by atoms with Crippen molar-refractivity contribution in [1.29, 1.82) is 0 Å². The highest BCUT2D eigenvalue weighted by Gasteiger charge is 2.31. The number of hydrogen-bond acceptors (Lipinski definition) is 3. The zero-order valence-electron chi connectivity index (χ0n) is 9.96. The highest BCUT2D eigenvalue weighted by molar-refractivity contribution is 6.30. The summed E-state index contributed by atoms with van der Waals surface area (Å²) in [7, 11) is 0. The zero-order chi connectivity index (χ0) is 12.9. The number of carbonyl (C=O) groups excluding carboxylic acids is 1. The van der Waals surface area contributed by atoms with Crippen molar-refractivity contribution in [3.05, 3.63) is 29.3 Å². The topological polar surface area (TPSA) is 61.4 Å². The van der Waals surface area contributed by atoms with Gasteiger partial charge in [-0.2, -0.15) is 0 Å². The maximum atomic E-state index is 11.7. The van der Waals surface area contributed by atoms with Gasteiger partial charge in [-0.05, 0) is 37.1 Å². The van der Waals surface area contributed by atoms with E-state index in [0.29, 0.717) is 23.6 Å². The molecule has 0 fully saturated rings. The predicted octanol–water partition coefficient (Wildman–Crippen LogP) is 2.33. The predicted molar refractivity (Wildman–Crippen MR) is 68.7 cm³/mol. The number of rotatable bonds is 5.